The van der Waals surface area contributed by atoms with Gasteiger partial charge >= 0.3 is 11.9 Å². The summed E-state index contributed by atoms with van der Waals surface area (Å²) in [5, 5.41) is 33.4. The van der Waals surface area contributed by atoms with Gasteiger partial charge in [-0.1, -0.05) is 10.4 Å². The van der Waals surface area contributed by atoms with E-state index < -0.39 is 11.9 Å². The Balaban J connectivity index is 0.000000171. The van der Waals surface area contributed by atoms with Crippen LogP contribution in [-0.2, 0) is 0 Å². The average molecular weight is 410 g/mol. The summed E-state index contributed by atoms with van der Waals surface area (Å²) in [5.74, 6) is -1.90. The molecule has 10 heteroatoms. The number of hydrogen-bond donors (Lipinski definition) is 2. The second kappa shape index (κ2) is 8.27. The van der Waals surface area contributed by atoms with Crippen LogP contribution in [0.2, 0.25) is 0 Å². The molecule has 10 nitrogen and oxygen atoms in total. The molecule has 0 saturated carbocycles. The summed E-state index contributed by atoms with van der Waals surface area (Å²) in [6.07, 6.45) is 0. The Bertz CT molecular complexity index is 1130. The molecule has 2 heterocycles. The molecule has 2 N–H and O–H groups in total. The number of carbonyl (C=O) groups is 2. The Labute approximate surface area is 171 Å². The van der Waals surface area contributed by atoms with Crippen molar-refractivity contribution >= 4 is 34.0 Å². The van der Waals surface area contributed by atoms with Crippen molar-refractivity contribution in [2.45, 2.75) is 39.8 Å². The smallest absolute Gasteiger partial charge is 0.335 e. The standard InChI is InChI=1S/2C10H11N3O2/c2*1-6(2)13-9-4-3-7(10(14)15)5-8(9)11-12-13/h2*3-6H,1-2H3,(H,14,15). The first-order valence-corrected chi connectivity index (χ1v) is 9.35. The van der Waals surface area contributed by atoms with Crippen LogP contribution in [0.5, 0.6) is 0 Å². The number of nitrogens with zero attached hydrogens (tertiary/aromatic N) is 6. The van der Waals surface area contributed by atoms with E-state index in [2.05, 4.69) is 20.6 Å². The van der Waals surface area contributed by atoms with Gasteiger partial charge in [-0.15, -0.1) is 10.2 Å². The lowest BCUT2D eigenvalue weighted by atomic mass is 10.2. The van der Waals surface area contributed by atoms with Crippen molar-refractivity contribution in [2.75, 3.05) is 0 Å². The minimum Gasteiger partial charge on any atom is -0.478 e. The van der Waals surface area contributed by atoms with Crippen LogP contribution in [0.3, 0.4) is 0 Å². The average Bonchev–Trinajstić information content (AvgIpc) is 3.31. The number of hydrogen-bond acceptors (Lipinski definition) is 6. The molecule has 0 spiro atoms. The lowest BCUT2D eigenvalue weighted by Crippen LogP contribution is -2.02. The zero-order valence-corrected chi connectivity index (χ0v) is 17.0. The summed E-state index contributed by atoms with van der Waals surface area (Å²) >= 11 is 0. The van der Waals surface area contributed by atoms with Gasteiger partial charge in [-0.05, 0) is 64.1 Å². The van der Waals surface area contributed by atoms with E-state index >= 15 is 0 Å². The Hall–Kier alpha value is -3.82. The molecule has 2 aromatic heterocycles. The van der Waals surface area contributed by atoms with Crippen molar-refractivity contribution in [3.63, 3.8) is 0 Å². The fourth-order valence-corrected chi connectivity index (χ4v) is 2.91. The number of rotatable bonds is 4. The maximum absolute atomic E-state index is 10.7. The lowest BCUT2D eigenvalue weighted by molar-refractivity contribution is 0.0686. The van der Waals surface area contributed by atoms with E-state index in [-0.39, 0.29) is 23.2 Å². The molecular formula is C20H22N6O4. The van der Waals surface area contributed by atoms with E-state index in [1.54, 1.807) is 33.6 Å². The highest BCUT2D eigenvalue weighted by Gasteiger charge is 2.11. The van der Waals surface area contributed by atoms with Gasteiger partial charge in [0.1, 0.15) is 11.0 Å². The number of aromatic nitrogens is 6. The number of aromatic carboxylic acids is 2. The first kappa shape index (κ1) is 20.9. The van der Waals surface area contributed by atoms with Gasteiger partial charge in [-0.2, -0.15) is 0 Å². The molecule has 4 rings (SSSR count). The summed E-state index contributed by atoms with van der Waals surface area (Å²) in [4.78, 5) is 21.5. The van der Waals surface area contributed by atoms with E-state index in [0.717, 1.165) is 11.0 Å². The molecule has 0 amide bonds. The monoisotopic (exact) mass is 410 g/mol. The molecule has 0 saturated heterocycles. The van der Waals surface area contributed by atoms with Gasteiger partial charge in [0.05, 0.1) is 22.2 Å². The normalized spacial score (nSPS) is 11.1. The number of carboxylic acid groups (broad SMARTS) is 2. The summed E-state index contributed by atoms with van der Waals surface area (Å²) in [6.45, 7) is 8.00. The van der Waals surface area contributed by atoms with Crippen LogP contribution in [0.4, 0.5) is 0 Å². The van der Waals surface area contributed by atoms with Crippen LogP contribution in [0.25, 0.3) is 22.1 Å². The van der Waals surface area contributed by atoms with Crippen LogP contribution < -0.4 is 0 Å². The highest BCUT2D eigenvalue weighted by atomic mass is 16.4. The Morgan fingerprint density at radius 3 is 1.40 bits per heavy atom. The van der Waals surface area contributed by atoms with Gasteiger partial charge in [0.25, 0.3) is 0 Å². The molecule has 0 aliphatic heterocycles. The van der Waals surface area contributed by atoms with E-state index in [9.17, 15) is 9.59 Å². The van der Waals surface area contributed by atoms with E-state index in [0.29, 0.717) is 11.0 Å². The molecule has 156 valence electrons. The van der Waals surface area contributed by atoms with Crippen molar-refractivity contribution < 1.29 is 19.8 Å². The fraction of sp³-hybridized carbons (Fsp3) is 0.300. The molecule has 0 radical (unpaired) electrons. The minimum absolute atomic E-state index is 0.214. The first-order chi connectivity index (χ1) is 14.2. The van der Waals surface area contributed by atoms with Gasteiger partial charge in [-0.25, -0.2) is 19.0 Å². The third-order valence-electron chi connectivity index (χ3n) is 4.41. The molecule has 0 aliphatic rings. The maximum Gasteiger partial charge on any atom is 0.335 e. The predicted octanol–water partition coefficient (Wildman–Crippen LogP) is 3.42. The van der Waals surface area contributed by atoms with E-state index in [1.165, 1.54) is 12.1 Å². The van der Waals surface area contributed by atoms with Gasteiger partial charge in [-0.3, -0.25) is 0 Å². The topological polar surface area (TPSA) is 136 Å². The van der Waals surface area contributed by atoms with Crippen LogP contribution in [0.1, 0.15) is 60.5 Å². The highest BCUT2D eigenvalue weighted by Crippen LogP contribution is 2.18. The van der Waals surface area contributed by atoms with Gasteiger partial charge in [0.15, 0.2) is 0 Å². The molecule has 4 aromatic rings. The van der Waals surface area contributed by atoms with Gasteiger partial charge in [0.2, 0.25) is 0 Å². The molecule has 0 bridgehead atoms. The molecule has 0 unspecified atom stereocenters. The third kappa shape index (κ3) is 4.12. The molecule has 0 fully saturated rings. The second-order valence-corrected chi connectivity index (χ2v) is 7.27. The quantitative estimate of drug-likeness (QED) is 0.522. The van der Waals surface area contributed by atoms with Gasteiger partial charge < -0.3 is 10.2 Å². The summed E-state index contributed by atoms with van der Waals surface area (Å²) in [5.41, 5.74) is 3.41. The molecule has 0 atom stereocenters. The maximum atomic E-state index is 10.7. The highest BCUT2D eigenvalue weighted by molar-refractivity contribution is 5.92. The Morgan fingerprint density at radius 2 is 1.10 bits per heavy atom. The van der Waals surface area contributed by atoms with Gasteiger partial charge in [0, 0.05) is 12.1 Å². The van der Waals surface area contributed by atoms with Crippen LogP contribution in [0.15, 0.2) is 36.4 Å². The number of fused-ring (bicyclic) bond motifs is 2. The molecule has 0 aliphatic carbocycles. The number of benzene rings is 2. The lowest BCUT2D eigenvalue weighted by Gasteiger charge is -2.04. The summed E-state index contributed by atoms with van der Waals surface area (Å²) in [7, 11) is 0. The zero-order chi connectivity index (χ0) is 22.0. The summed E-state index contributed by atoms with van der Waals surface area (Å²) in [6, 6.07) is 10.1. The number of carboxylic acids is 2. The molecule has 30 heavy (non-hydrogen) atoms. The van der Waals surface area contributed by atoms with E-state index in [4.69, 9.17) is 10.2 Å². The van der Waals surface area contributed by atoms with E-state index in [1.807, 2.05) is 27.7 Å². The minimum atomic E-state index is -0.948. The predicted molar refractivity (Wildman–Crippen MR) is 110 cm³/mol. The van der Waals surface area contributed by atoms with Crippen molar-refractivity contribution in [1.29, 1.82) is 0 Å². The fourth-order valence-electron chi connectivity index (χ4n) is 2.91. The third-order valence-corrected chi connectivity index (χ3v) is 4.41. The van der Waals surface area contributed by atoms with Crippen molar-refractivity contribution in [3.8, 4) is 0 Å². The molecular weight excluding hydrogens is 388 g/mol. The van der Waals surface area contributed by atoms with Crippen molar-refractivity contribution in [3.05, 3.63) is 47.5 Å². The Kier molecular flexibility index (Phi) is 5.77. The zero-order valence-electron chi connectivity index (χ0n) is 17.0. The van der Waals surface area contributed by atoms with Crippen LogP contribution in [-0.4, -0.2) is 52.1 Å². The second-order valence-electron chi connectivity index (χ2n) is 7.27. The first-order valence-electron chi connectivity index (χ1n) is 9.35. The van der Waals surface area contributed by atoms with Crippen molar-refractivity contribution in [1.82, 2.24) is 30.0 Å². The summed E-state index contributed by atoms with van der Waals surface area (Å²) < 4.78 is 3.53. The van der Waals surface area contributed by atoms with Crippen LogP contribution in [0, 0.1) is 0 Å². The SMILES string of the molecule is CC(C)n1nnc2cc(C(=O)O)ccc21.CC(C)n1nnc2cc(C(=O)O)ccc21. The van der Waals surface area contributed by atoms with Crippen LogP contribution >= 0.6 is 0 Å². The molecule has 2 aromatic carbocycles. The Morgan fingerprint density at radius 1 is 0.733 bits per heavy atom. The van der Waals surface area contributed by atoms with Crippen molar-refractivity contribution in [2.24, 2.45) is 0 Å². The largest absolute Gasteiger partial charge is 0.478 e.